The van der Waals surface area contributed by atoms with Crippen LogP contribution >= 0.6 is 0 Å². The van der Waals surface area contributed by atoms with Crippen molar-refractivity contribution < 1.29 is 4.79 Å². The number of amides is 1. The minimum atomic E-state index is -0.474. The van der Waals surface area contributed by atoms with Gasteiger partial charge in [-0.25, -0.2) is 4.68 Å². The van der Waals surface area contributed by atoms with Gasteiger partial charge in [0, 0.05) is 13.1 Å². The number of nitrogens with one attached hydrogen (secondary N) is 1. The lowest BCUT2D eigenvalue weighted by atomic mass is 10.2. The first-order valence-electron chi connectivity index (χ1n) is 5.46. The van der Waals surface area contributed by atoms with E-state index in [9.17, 15) is 9.59 Å². The molecule has 0 radical (unpaired) electrons. The molecule has 0 aliphatic rings. The Morgan fingerprint density at radius 3 is 2.74 bits per heavy atom. The van der Waals surface area contributed by atoms with E-state index in [0.29, 0.717) is 11.3 Å². The number of aryl methyl sites for hydroxylation is 1. The Labute approximate surface area is 108 Å². The van der Waals surface area contributed by atoms with Gasteiger partial charge in [-0.3, -0.25) is 9.59 Å². The molecule has 0 aliphatic carbocycles. The van der Waals surface area contributed by atoms with Crippen molar-refractivity contribution in [3.63, 3.8) is 0 Å². The minimum absolute atomic E-state index is 0.106. The van der Waals surface area contributed by atoms with Gasteiger partial charge >= 0.3 is 0 Å². The van der Waals surface area contributed by atoms with E-state index in [1.807, 2.05) is 6.07 Å². The molecular formula is C13H10N4O2. The molecule has 1 aromatic heterocycles. The summed E-state index contributed by atoms with van der Waals surface area (Å²) < 4.78 is 1.07. The first-order valence-corrected chi connectivity index (χ1v) is 5.46. The second kappa shape index (κ2) is 5.14. The highest BCUT2D eigenvalue weighted by Crippen LogP contribution is 2.14. The number of nitrogens with zero attached hydrogens (tertiary/aromatic N) is 3. The first-order chi connectivity index (χ1) is 9.11. The Morgan fingerprint density at radius 1 is 1.32 bits per heavy atom. The Hall–Kier alpha value is -2.94. The topological polar surface area (TPSA) is 87.8 Å². The fourth-order valence-corrected chi connectivity index (χ4v) is 1.50. The van der Waals surface area contributed by atoms with Crippen LogP contribution in [0.2, 0.25) is 0 Å². The maximum absolute atomic E-state index is 11.9. The average molecular weight is 254 g/mol. The summed E-state index contributed by atoms with van der Waals surface area (Å²) in [6.07, 6.45) is 0. The van der Waals surface area contributed by atoms with E-state index in [2.05, 4.69) is 10.4 Å². The summed E-state index contributed by atoms with van der Waals surface area (Å²) in [6.45, 7) is 0. The SMILES string of the molecule is Cn1nc(C(=O)Nc2ccccc2C#N)ccc1=O. The maximum Gasteiger partial charge on any atom is 0.276 e. The zero-order chi connectivity index (χ0) is 13.8. The molecule has 6 nitrogen and oxygen atoms in total. The van der Waals surface area contributed by atoms with Crippen LogP contribution in [0.5, 0.6) is 0 Å². The Bertz CT molecular complexity index is 728. The lowest BCUT2D eigenvalue weighted by Crippen LogP contribution is -2.23. The van der Waals surface area contributed by atoms with Crippen molar-refractivity contribution in [3.8, 4) is 6.07 Å². The molecule has 0 bridgehead atoms. The first kappa shape index (κ1) is 12.5. The monoisotopic (exact) mass is 254 g/mol. The van der Waals surface area contributed by atoms with Crippen LogP contribution in [0, 0.1) is 11.3 Å². The number of carbonyl (C=O) groups excluding carboxylic acids is 1. The van der Waals surface area contributed by atoms with Gasteiger partial charge in [-0.05, 0) is 18.2 Å². The van der Waals surface area contributed by atoms with Crippen molar-refractivity contribution in [1.82, 2.24) is 9.78 Å². The van der Waals surface area contributed by atoms with Crippen LogP contribution in [0.1, 0.15) is 16.1 Å². The summed E-state index contributed by atoms with van der Waals surface area (Å²) in [5.41, 5.74) is 0.579. The van der Waals surface area contributed by atoms with E-state index in [0.717, 1.165) is 4.68 Å². The molecule has 0 unspecified atom stereocenters. The Kier molecular flexibility index (Phi) is 3.39. The number of rotatable bonds is 2. The Morgan fingerprint density at radius 2 is 2.05 bits per heavy atom. The van der Waals surface area contributed by atoms with Gasteiger partial charge in [0.15, 0.2) is 0 Å². The third-order valence-corrected chi connectivity index (χ3v) is 2.49. The highest BCUT2D eigenvalue weighted by atomic mass is 16.2. The average Bonchev–Trinajstić information content (AvgIpc) is 2.42. The lowest BCUT2D eigenvalue weighted by molar-refractivity contribution is 0.102. The van der Waals surface area contributed by atoms with Crippen LogP contribution < -0.4 is 10.9 Å². The normalized spacial score (nSPS) is 9.68. The largest absolute Gasteiger partial charge is 0.319 e. The van der Waals surface area contributed by atoms with Crippen LogP contribution in [0.15, 0.2) is 41.2 Å². The van der Waals surface area contributed by atoms with E-state index < -0.39 is 5.91 Å². The van der Waals surface area contributed by atoms with E-state index >= 15 is 0 Å². The summed E-state index contributed by atoms with van der Waals surface area (Å²) in [6, 6.07) is 11.2. The molecule has 2 aromatic rings. The van der Waals surface area contributed by atoms with E-state index in [4.69, 9.17) is 5.26 Å². The van der Waals surface area contributed by atoms with Crippen LogP contribution in [-0.4, -0.2) is 15.7 Å². The number of aromatic nitrogens is 2. The number of nitriles is 1. The third kappa shape index (κ3) is 2.66. The number of carbonyl (C=O) groups is 1. The summed E-state index contributed by atoms with van der Waals surface area (Å²) in [4.78, 5) is 23.1. The van der Waals surface area contributed by atoms with Crippen molar-refractivity contribution >= 4 is 11.6 Å². The molecule has 0 spiro atoms. The van der Waals surface area contributed by atoms with Gasteiger partial charge in [0.05, 0.1) is 11.3 Å². The quantitative estimate of drug-likeness (QED) is 0.862. The molecule has 0 saturated heterocycles. The number of hydrogen-bond donors (Lipinski definition) is 1. The Balaban J connectivity index is 2.29. The molecule has 1 N–H and O–H groups in total. The molecule has 0 saturated carbocycles. The second-order valence-electron chi connectivity index (χ2n) is 3.79. The molecule has 94 valence electrons. The second-order valence-corrected chi connectivity index (χ2v) is 3.79. The van der Waals surface area contributed by atoms with Gasteiger partial charge in [0.25, 0.3) is 11.5 Å². The van der Waals surface area contributed by atoms with Gasteiger partial charge in [0.2, 0.25) is 0 Å². The molecule has 1 aromatic carbocycles. The zero-order valence-electron chi connectivity index (χ0n) is 10.1. The molecule has 0 aliphatic heterocycles. The lowest BCUT2D eigenvalue weighted by Gasteiger charge is -2.06. The molecule has 19 heavy (non-hydrogen) atoms. The summed E-state index contributed by atoms with van der Waals surface area (Å²) >= 11 is 0. The van der Waals surface area contributed by atoms with E-state index in [1.165, 1.54) is 19.2 Å². The number of para-hydroxylation sites is 1. The third-order valence-electron chi connectivity index (χ3n) is 2.49. The van der Waals surface area contributed by atoms with Crippen LogP contribution in [0.25, 0.3) is 0 Å². The summed E-state index contributed by atoms with van der Waals surface area (Å²) in [5.74, 6) is -0.474. The van der Waals surface area contributed by atoms with Gasteiger partial charge in [-0.15, -0.1) is 0 Å². The van der Waals surface area contributed by atoms with Crippen molar-refractivity contribution in [2.45, 2.75) is 0 Å². The molecule has 0 atom stereocenters. The van der Waals surface area contributed by atoms with Gasteiger partial charge < -0.3 is 5.32 Å². The smallest absolute Gasteiger partial charge is 0.276 e. The van der Waals surface area contributed by atoms with Gasteiger partial charge in [0.1, 0.15) is 11.8 Å². The summed E-state index contributed by atoms with van der Waals surface area (Å²) in [7, 11) is 1.46. The van der Waals surface area contributed by atoms with Crippen molar-refractivity contribution in [3.05, 3.63) is 58.0 Å². The maximum atomic E-state index is 11.9. The molecule has 2 rings (SSSR count). The molecule has 1 amide bonds. The van der Waals surface area contributed by atoms with Gasteiger partial charge in [-0.1, -0.05) is 12.1 Å². The standard InChI is InChI=1S/C13H10N4O2/c1-17-12(18)7-6-11(16-17)13(19)15-10-5-3-2-4-9(10)8-14/h2-7H,1H3,(H,15,19). The molecular weight excluding hydrogens is 244 g/mol. The van der Waals surface area contributed by atoms with E-state index in [1.54, 1.807) is 24.3 Å². The predicted molar refractivity (Wildman–Crippen MR) is 68.6 cm³/mol. The van der Waals surface area contributed by atoms with Crippen molar-refractivity contribution in [2.24, 2.45) is 7.05 Å². The highest BCUT2D eigenvalue weighted by Gasteiger charge is 2.10. The number of benzene rings is 1. The van der Waals surface area contributed by atoms with Gasteiger partial charge in [-0.2, -0.15) is 10.4 Å². The number of hydrogen-bond acceptors (Lipinski definition) is 4. The number of anilines is 1. The highest BCUT2D eigenvalue weighted by molar-refractivity contribution is 6.03. The fraction of sp³-hybridized carbons (Fsp3) is 0.0769. The van der Waals surface area contributed by atoms with E-state index in [-0.39, 0.29) is 11.3 Å². The summed E-state index contributed by atoms with van der Waals surface area (Å²) in [5, 5.41) is 15.3. The predicted octanol–water partition coefficient (Wildman–Crippen LogP) is 0.904. The van der Waals surface area contributed by atoms with Crippen LogP contribution in [0.4, 0.5) is 5.69 Å². The molecule has 1 heterocycles. The molecule has 6 heteroatoms. The minimum Gasteiger partial charge on any atom is -0.319 e. The van der Waals surface area contributed by atoms with Crippen LogP contribution in [-0.2, 0) is 7.05 Å². The zero-order valence-corrected chi connectivity index (χ0v) is 10.1. The molecule has 0 fully saturated rings. The van der Waals surface area contributed by atoms with Crippen molar-refractivity contribution in [2.75, 3.05) is 5.32 Å². The fourth-order valence-electron chi connectivity index (χ4n) is 1.50. The van der Waals surface area contributed by atoms with Crippen molar-refractivity contribution in [1.29, 1.82) is 5.26 Å². The van der Waals surface area contributed by atoms with Crippen LogP contribution in [0.3, 0.4) is 0 Å².